The van der Waals surface area contributed by atoms with Crippen molar-refractivity contribution in [2.75, 3.05) is 11.1 Å². The Labute approximate surface area is 153 Å². The Hall–Kier alpha value is -2.68. The van der Waals surface area contributed by atoms with Gasteiger partial charge in [0, 0.05) is 41.4 Å². The molecule has 0 aliphatic carbocycles. The molecule has 9 heteroatoms. The third kappa shape index (κ3) is 3.48. The number of aryl methyl sites for hydroxylation is 1. The number of nitrogens with one attached hydrogen (secondary N) is 1. The van der Waals surface area contributed by atoms with E-state index < -0.39 is 10.8 Å². The van der Waals surface area contributed by atoms with Gasteiger partial charge in [-0.25, -0.2) is 4.98 Å². The number of thioether (sulfide) groups is 1. The maximum Gasteiger partial charge on any atom is 0.271 e. The van der Waals surface area contributed by atoms with Gasteiger partial charge in [0.15, 0.2) is 5.16 Å². The second kappa shape index (κ2) is 7.28. The summed E-state index contributed by atoms with van der Waals surface area (Å²) in [5.41, 5.74) is 1.57. The highest BCUT2D eigenvalue weighted by Gasteiger charge is 2.28. The van der Waals surface area contributed by atoms with Gasteiger partial charge in [0.05, 0.1) is 10.8 Å². The standard InChI is InChI=1S/C17H18N4O4S/c1-3-14-10(2)18-17-20(16(14)23)8-11(9-26-17)15(22)19-12-5-4-6-13(7-12)21(24)25/h4-7,11H,3,8-9H2,1-2H3,(H,19,22). The summed E-state index contributed by atoms with van der Waals surface area (Å²) >= 11 is 1.37. The predicted molar refractivity (Wildman–Crippen MR) is 98.6 cm³/mol. The van der Waals surface area contributed by atoms with Crippen LogP contribution in [0.5, 0.6) is 0 Å². The molecule has 0 spiro atoms. The van der Waals surface area contributed by atoms with E-state index in [0.717, 1.165) is 5.69 Å². The number of hydrogen-bond acceptors (Lipinski definition) is 6. The first kappa shape index (κ1) is 18.1. The number of nitrogens with zero attached hydrogens (tertiary/aromatic N) is 3. The van der Waals surface area contributed by atoms with Crippen LogP contribution in [0, 0.1) is 23.0 Å². The molecule has 136 valence electrons. The molecule has 0 bridgehead atoms. The van der Waals surface area contributed by atoms with Crippen LogP contribution in [0.15, 0.2) is 34.2 Å². The number of carbonyl (C=O) groups is 1. The molecule has 1 atom stereocenters. The molecule has 3 rings (SSSR count). The van der Waals surface area contributed by atoms with E-state index >= 15 is 0 Å². The SMILES string of the molecule is CCc1c(C)nc2n(c1=O)CC(C(=O)Nc1cccc([N+](=O)[O-])c1)CS2. The van der Waals surface area contributed by atoms with Gasteiger partial charge < -0.3 is 5.32 Å². The fourth-order valence-corrected chi connectivity index (χ4v) is 4.02. The molecule has 1 N–H and O–H groups in total. The minimum atomic E-state index is -0.512. The van der Waals surface area contributed by atoms with E-state index in [0.29, 0.717) is 28.6 Å². The van der Waals surface area contributed by atoms with E-state index in [2.05, 4.69) is 10.3 Å². The van der Waals surface area contributed by atoms with Crippen LogP contribution in [0.25, 0.3) is 0 Å². The number of non-ortho nitro benzene ring substituents is 1. The van der Waals surface area contributed by atoms with Gasteiger partial charge >= 0.3 is 0 Å². The molecule has 8 nitrogen and oxygen atoms in total. The summed E-state index contributed by atoms with van der Waals surface area (Å²) in [6.45, 7) is 3.98. The molecule has 26 heavy (non-hydrogen) atoms. The van der Waals surface area contributed by atoms with E-state index in [9.17, 15) is 19.7 Å². The van der Waals surface area contributed by atoms with Crippen LogP contribution in [0.1, 0.15) is 18.2 Å². The molecule has 1 amide bonds. The largest absolute Gasteiger partial charge is 0.326 e. The summed E-state index contributed by atoms with van der Waals surface area (Å²) in [5.74, 6) is -0.189. The van der Waals surface area contributed by atoms with Crippen molar-refractivity contribution >= 4 is 29.0 Å². The van der Waals surface area contributed by atoms with Gasteiger partial charge in [-0.15, -0.1) is 0 Å². The molecule has 0 fully saturated rings. The predicted octanol–water partition coefficient (Wildman–Crippen LogP) is 2.38. The summed E-state index contributed by atoms with van der Waals surface area (Å²) in [6, 6.07) is 5.79. The van der Waals surface area contributed by atoms with E-state index in [1.165, 1.54) is 30.0 Å². The van der Waals surface area contributed by atoms with Gasteiger partial charge in [-0.3, -0.25) is 24.3 Å². The molecular formula is C17H18N4O4S. The quantitative estimate of drug-likeness (QED) is 0.500. The second-order valence-corrected chi connectivity index (χ2v) is 7.02. The highest BCUT2D eigenvalue weighted by molar-refractivity contribution is 7.99. The third-order valence-corrected chi connectivity index (χ3v) is 5.44. The number of anilines is 1. The van der Waals surface area contributed by atoms with Gasteiger partial charge in [0.25, 0.3) is 11.2 Å². The van der Waals surface area contributed by atoms with E-state index in [1.807, 2.05) is 13.8 Å². The molecule has 2 aromatic rings. The first-order valence-corrected chi connectivity index (χ1v) is 9.17. The van der Waals surface area contributed by atoms with Crippen molar-refractivity contribution in [3.63, 3.8) is 0 Å². The Morgan fingerprint density at radius 3 is 2.96 bits per heavy atom. The lowest BCUT2D eigenvalue weighted by Crippen LogP contribution is -2.38. The number of fused-ring (bicyclic) bond motifs is 1. The first-order chi connectivity index (χ1) is 12.4. The Bertz CT molecular complexity index is 941. The van der Waals surface area contributed by atoms with Gasteiger partial charge in [-0.1, -0.05) is 24.8 Å². The fourth-order valence-electron chi connectivity index (χ4n) is 2.90. The fraction of sp³-hybridized carbons (Fsp3) is 0.353. The zero-order valence-electron chi connectivity index (χ0n) is 14.4. The summed E-state index contributed by atoms with van der Waals surface area (Å²) in [6.07, 6.45) is 0.590. The molecule has 1 aliphatic heterocycles. The maximum absolute atomic E-state index is 12.6. The van der Waals surface area contributed by atoms with Gasteiger partial charge in [-0.2, -0.15) is 0 Å². The van der Waals surface area contributed by atoms with E-state index in [-0.39, 0.29) is 23.7 Å². The Morgan fingerprint density at radius 1 is 1.50 bits per heavy atom. The summed E-state index contributed by atoms with van der Waals surface area (Å²) in [4.78, 5) is 40.0. The molecule has 0 saturated carbocycles. The average molecular weight is 374 g/mol. The van der Waals surface area contributed by atoms with E-state index in [1.54, 1.807) is 10.6 Å². The molecule has 0 saturated heterocycles. The Balaban J connectivity index is 1.80. The van der Waals surface area contributed by atoms with Crippen molar-refractivity contribution in [2.24, 2.45) is 5.92 Å². The Morgan fingerprint density at radius 2 is 2.27 bits per heavy atom. The van der Waals surface area contributed by atoms with Crippen LogP contribution in [0.3, 0.4) is 0 Å². The van der Waals surface area contributed by atoms with Crippen molar-refractivity contribution in [2.45, 2.75) is 32.0 Å². The third-order valence-electron chi connectivity index (χ3n) is 4.30. The van der Waals surface area contributed by atoms with Crippen LogP contribution in [-0.2, 0) is 17.8 Å². The monoisotopic (exact) mass is 374 g/mol. The molecule has 2 heterocycles. The lowest BCUT2D eigenvalue weighted by molar-refractivity contribution is -0.384. The molecule has 1 unspecified atom stereocenters. The van der Waals surface area contributed by atoms with Gasteiger partial charge in [0.2, 0.25) is 5.91 Å². The van der Waals surface area contributed by atoms with Crippen molar-refractivity contribution < 1.29 is 9.72 Å². The topological polar surface area (TPSA) is 107 Å². The second-order valence-electron chi connectivity index (χ2n) is 6.03. The molecule has 1 aromatic heterocycles. The smallest absolute Gasteiger partial charge is 0.271 e. The van der Waals surface area contributed by atoms with Crippen LogP contribution in [0.2, 0.25) is 0 Å². The number of hydrogen-bond donors (Lipinski definition) is 1. The number of nitro groups is 1. The Kier molecular flexibility index (Phi) is 5.08. The van der Waals surface area contributed by atoms with Crippen LogP contribution in [-0.4, -0.2) is 26.1 Å². The average Bonchev–Trinajstić information content (AvgIpc) is 2.62. The van der Waals surface area contributed by atoms with E-state index in [4.69, 9.17) is 0 Å². The number of carbonyl (C=O) groups excluding carboxylic acids is 1. The summed E-state index contributed by atoms with van der Waals surface area (Å²) in [7, 11) is 0. The number of aromatic nitrogens is 2. The molecule has 1 aliphatic rings. The minimum Gasteiger partial charge on any atom is -0.326 e. The van der Waals surface area contributed by atoms with Crippen molar-refractivity contribution in [3.8, 4) is 0 Å². The zero-order valence-corrected chi connectivity index (χ0v) is 15.2. The van der Waals surface area contributed by atoms with Crippen molar-refractivity contribution in [1.82, 2.24) is 9.55 Å². The number of benzene rings is 1. The number of rotatable bonds is 4. The van der Waals surface area contributed by atoms with Gasteiger partial charge in [-0.05, 0) is 19.4 Å². The first-order valence-electron chi connectivity index (χ1n) is 8.19. The van der Waals surface area contributed by atoms with Gasteiger partial charge in [0.1, 0.15) is 0 Å². The molecule has 0 radical (unpaired) electrons. The van der Waals surface area contributed by atoms with Crippen molar-refractivity contribution in [3.05, 3.63) is 56.0 Å². The number of nitro benzene ring substituents is 1. The normalized spacial score (nSPS) is 16.0. The van der Waals surface area contributed by atoms with Crippen LogP contribution >= 0.6 is 11.8 Å². The highest BCUT2D eigenvalue weighted by atomic mass is 32.2. The lowest BCUT2D eigenvalue weighted by atomic mass is 10.1. The molecule has 1 aromatic carbocycles. The lowest BCUT2D eigenvalue weighted by Gasteiger charge is -2.25. The minimum absolute atomic E-state index is 0.0883. The number of amides is 1. The van der Waals surface area contributed by atoms with Crippen molar-refractivity contribution in [1.29, 1.82) is 0 Å². The maximum atomic E-state index is 12.6. The highest BCUT2D eigenvalue weighted by Crippen LogP contribution is 2.27. The van der Waals surface area contributed by atoms with Crippen LogP contribution in [0.4, 0.5) is 11.4 Å². The van der Waals surface area contributed by atoms with Crippen LogP contribution < -0.4 is 10.9 Å². The molecular weight excluding hydrogens is 356 g/mol. The summed E-state index contributed by atoms with van der Waals surface area (Å²) in [5, 5.41) is 14.2. The summed E-state index contributed by atoms with van der Waals surface area (Å²) < 4.78 is 1.55. The zero-order chi connectivity index (χ0) is 18.8.